The molecule has 1 heterocycles. The van der Waals surface area contributed by atoms with Crippen LogP contribution in [-0.4, -0.2) is 74.7 Å². The zero-order chi connectivity index (χ0) is 26.8. The van der Waals surface area contributed by atoms with Crippen molar-refractivity contribution in [2.75, 3.05) is 26.2 Å². The van der Waals surface area contributed by atoms with Crippen molar-refractivity contribution in [2.24, 2.45) is 7.05 Å². The van der Waals surface area contributed by atoms with Gasteiger partial charge in [0.05, 0.1) is 23.1 Å². The van der Waals surface area contributed by atoms with Crippen LogP contribution in [0.25, 0.3) is 0 Å². The van der Waals surface area contributed by atoms with E-state index in [4.69, 9.17) is 5.11 Å². The van der Waals surface area contributed by atoms with Gasteiger partial charge in [-0.25, -0.2) is 0 Å². The number of hydrogen-bond donors (Lipinski definition) is 7. The smallest absolute Gasteiger partial charge is 0.504 e. The average Bonchev–Trinajstić information content (AvgIpc) is 2.83. The van der Waals surface area contributed by atoms with Crippen LogP contribution in [0.1, 0.15) is 50.3 Å². The van der Waals surface area contributed by atoms with Gasteiger partial charge in [0.15, 0.2) is 23.0 Å². The maximum atomic E-state index is 12.4. The minimum Gasteiger partial charge on any atom is -0.504 e. The number of aryl methyl sites for hydroxylation is 1. The Morgan fingerprint density at radius 2 is 1.35 bits per heavy atom. The van der Waals surface area contributed by atoms with E-state index in [0.717, 1.165) is 4.57 Å². The van der Waals surface area contributed by atoms with Gasteiger partial charge in [0, 0.05) is 39.3 Å². The normalized spacial score (nSPS) is 10.3. The number of pyridine rings is 1. The van der Waals surface area contributed by atoms with E-state index in [1.54, 1.807) is 0 Å². The molecule has 7 N–H and O–H groups in total. The molecule has 0 spiro atoms. The number of nitrogens with one attached hydrogen (secondary N) is 3. The second-order valence-corrected chi connectivity index (χ2v) is 7.78. The zero-order valence-corrected chi connectivity index (χ0v) is 21.6. The van der Waals surface area contributed by atoms with Crippen LogP contribution >= 0.6 is 0 Å². The number of phenols is 2. The molecule has 2 rings (SSSR count). The molecule has 37 heavy (non-hydrogen) atoms. The Bertz CT molecular complexity index is 1210. The monoisotopic (exact) mass is 673 g/mol. The van der Waals surface area contributed by atoms with E-state index in [9.17, 15) is 39.3 Å². The van der Waals surface area contributed by atoms with E-state index in [0.29, 0.717) is 19.5 Å². The van der Waals surface area contributed by atoms with Crippen LogP contribution in [0.15, 0.2) is 29.2 Å². The summed E-state index contributed by atoms with van der Waals surface area (Å²) in [7, 11) is 1.45. The van der Waals surface area contributed by atoms with Gasteiger partial charge in [-0.15, -0.1) is 0 Å². The van der Waals surface area contributed by atoms with Gasteiger partial charge in [-0.3, -0.25) is 24.0 Å². The molecule has 0 fully saturated rings. The summed E-state index contributed by atoms with van der Waals surface area (Å²) in [5, 5.41) is 46.5. The molecule has 0 radical (unpaired) electrons. The second kappa shape index (κ2) is 15.2. The standard InChI is InChI=1S/C23H28N4O9.Tm/c1-27-12-7-15(20(33)23(27)36)22(35)26-11-10-24-8-2-3-16(28)13-4-5-14(19(32)18(13)31)21(34)25-9-6-17(29)30;/h4-5,7,12,24,31-33H,2-3,6,8-11H2,1H3,(H,25,34)(H,26,35)(H,29,30);/q;+3. The minimum atomic E-state index is -1.11. The molecule has 0 bridgehead atoms. The number of nitrogens with zero attached hydrogens (tertiary/aromatic N) is 1. The maximum absolute atomic E-state index is 12.4. The number of rotatable bonds is 13. The number of hydrogen-bond acceptors (Lipinski definition) is 9. The third kappa shape index (κ3) is 9.02. The molecule has 14 heteroatoms. The van der Waals surface area contributed by atoms with Crippen molar-refractivity contribution in [1.82, 2.24) is 20.5 Å². The summed E-state index contributed by atoms with van der Waals surface area (Å²) in [4.78, 5) is 58.7. The van der Waals surface area contributed by atoms with Gasteiger partial charge in [-0.2, -0.15) is 0 Å². The number of carboxylic acids is 1. The Morgan fingerprint density at radius 3 is 2.00 bits per heavy atom. The molecule has 2 amide bonds. The SMILES string of the molecule is Cn1ccc(C(=O)NCCNCCCC(=O)c2ccc(C(=O)NCCC(=O)O)c(O)c2O)c(O)c1=O.[Tm+3]. The first-order valence-electron chi connectivity index (χ1n) is 11.0. The fourth-order valence-electron chi connectivity index (χ4n) is 3.16. The van der Waals surface area contributed by atoms with Crippen molar-refractivity contribution in [2.45, 2.75) is 19.3 Å². The molecule has 0 unspecified atom stereocenters. The van der Waals surface area contributed by atoms with Gasteiger partial charge >= 0.3 is 42.8 Å². The summed E-state index contributed by atoms with van der Waals surface area (Å²) in [5.41, 5.74) is -1.26. The molecular formula is C23H28N4O9Tm+3. The van der Waals surface area contributed by atoms with E-state index in [1.807, 2.05) is 0 Å². The van der Waals surface area contributed by atoms with Crippen molar-refractivity contribution in [1.29, 1.82) is 0 Å². The molecule has 2 aromatic rings. The third-order valence-corrected chi connectivity index (χ3v) is 5.15. The molecule has 204 valence electrons. The zero-order valence-electron chi connectivity index (χ0n) is 19.8. The molecule has 0 atom stereocenters. The Labute approximate surface area is 240 Å². The first-order valence-corrected chi connectivity index (χ1v) is 11.0. The van der Waals surface area contributed by atoms with Crippen LogP contribution in [-0.2, 0) is 11.8 Å². The van der Waals surface area contributed by atoms with Gasteiger partial charge in [-0.05, 0) is 31.2 Å². The number of Topliss-reactive ketones (excluding diaryl/α,β-unsaturated/α-hetero) is 1. The van der Waals surface area contributed by atoms with Crippen LogP contribution in [0, 0.1) is 36.9 Å². The molecule has 1 aromatic heterocycles. The Morgan fingerprint density at radius 1 is 0.784 bits per heavy atom. The van der Waals surface area contributed by atoms with E-state index in [-0.39, 0.29) is 79.5 Å². The van der Waals surface area contributed by atoms with Crippen molar-refractivity contribution < 1.29 is 76.5 Å². The minimum absolute atomic E-state index is 0. The number of carboxylic acid groups (broad SMARTS) is 1. The van der Waals surface area contributed by atoms with Crippen molar-refractivity contribution in [3.63, 3.8) is 0 Å². The van der Waals surface area contributed by atoms with Gasteiger partial charge in [0.1, 0.15) is 0 Å². The molecule has 0 aliphatic rings. The van der Waals surface area contributed by atoms with E-state index >= 15 is 0 Å². The number of phenolic OH excluding ortho intramolecular Hbond substituents is 2. The summed E-state index contributed by atoms with van der Waals surface area (Å²) in [6.07, 6.45) is 1.46. The van der Waals surface area contributed by atoms with E-state index < -0.39 is 46.4 Å². The quantitative estimate of drug-likeness (QED) is 0.0839. The average molecular weight is 673 g/mol. The first-order chi connectivity index (χ1) is 17.0. The maximum Gasteiger partial charge on any atom is 3.00 e. The van der Waals surface area contributed by atoms with E-state index in [2.05, 4.69) is 16.0 Å². The topological polar surface area (TPSA) is 207 Å². The van der Waals surface area contributed by atoms with Gasteiger partial charge in [-0.1, -0.05) is 0 Å². The number of aromatic nitrogens is 1. The van der Waals surface area contributed by atoms with Crippen LogP contribution in [0.4, 0.5) is 0 Å². The largest absolute Gasteiger partial charge is 3.00 e. The van der Waals surface area contributed by atoms with Gasteiger partial charge in [0.25, 0.3) is 17.4 Å². The second-order valence-electron chi connectivity index (χ2n) is 7.78. The Kier molecular flexibility index (Phi) is 13.1. The van der Waals surface area contributed by atoms with Crippen molar-refractivity contribution in [3.8, 4) is 17.2 Å². The number of carbonyl (C=O) groups excluding carboxylic acids is 3. The molecular weight excluding hydrogens is 645 g/mol. The van der Waals surface area contributed by atoms with Gasteiger partial charge < -0.3 is 40.9 Å². The number of aromatic hydroxyl groups is 3. The van der Waals surface area contributed by atoms with Crippen LogP contribution in [0.2, 0.25) is 0 Å². The summed E-state index contributed by atoms with van der Waals surface area (Å²) in [6.45, 7) is 0.783. The van der Waals surface area contributed by atoms with Crippen molar-refractivity contribution >= 4 is 23.6 Å². The van der Waals surface area contributed by atoms with Crippen LogP contribution < -0.4 is 21.5 Å². The molecule has 13 nitrogen and oxygen atoms in total. The van der Waals surface area contributed by atoms with Crippen LogP contribution in [0.5, 0.6) is 17.2 Å². The predicted molar refractivity (Wildman–Crippen MR) is 126 cm³/mol. The predicted octanol–water partition coefficient (Wildman–Crippen LogP) is -0.311. The van der Waals surface area contributed by atoms with Crippen molar-refractivity contribution in [3.05, 3.63) is 51.4 Å². The number of amides is 2. The molecule has 0 saturated heterocycles. The summed E-state index contributed by atoms with van der Waals surface area (Å²) >= 11 is 0. The number of aliphatic carboxylic acids is 1. The fourth-order valence-corrected chi connectivity index (χ4v) is 3.16. The summed E-state index contributed by atoms with van der Waals surface area (Å²) in [5.74, 6) is -5.10. The molecule has 1 aromatic carbocycles. The summed E-state index contributed by atoms with van der Waals surface area (Å²) in [6, 6.07) is 3.70. The van der Waals surface area contributed by atoms with E-state index in [1.165, 1.54) is 31.4 Å². The number of benzene rings is 1. The third-order valence-electron chi connectivity index (χ3n) is 5.15. The fraction of sp³-hybridized carbons (Fsp3) is 0.348. The Balaban J connectivity index is 0.00000684. The molecule has 0 aliphatic heterocycles. The number of ketones is 1. The first kappa shape index (κ1) is 31.9. The Hall–Kier alpha value is -3.16. The van der Waals surface area contributed by atoms with Gasteiger partial charge in [0.2, 0.25) is 0 Å². The molecule has 0 aliphatic carbocycles. The molecule has 0 saturated carbocycles. The number of carbonyl (C=O) groups is 4. The van der Waals surface area contributed by atoms with Crippen LogP contribution in [0.3, 0.4) is 0 Å². The summed E-state index contributed by atoms with van der Waals surface area (Å²) < 4.78 is 1.15.